The van der Waals surface area contributed by atoms with Gasteiger partial charge in [0, 0.05) is 23.3 Å². The van der Waals surface area contributed by atoms with Crippen LogP contribution in [0.1, 0.15) is 29.8 Å². The number of hydrogen-bond acceptors (Lipinski definition) is 3. The number of pyridine rings is 1. The second kappa shape index (κ2) is 8.76. The second-order valence-electron chi connectivity index (χ2n) is 6.37. The molecule has 0 atom stereocenters. The minimum atomic E-state index is -0.290. The Morgan fingerprint density at radius 2 is 1.84 bits per heavy atom. The quantitative estimate of drug-likeness (QED) is 0.798. The third-order valence-corrected chi connectivity index (χ3v) is 4.04. The number of amides is 2. The van der Waals surface area contributed by atoms with Crippen LogP contribution in [0.15, 0.2) is 47.1 Å². The molecule has 0 spiro atoms. The summed E-state index contributed by atoms with van der Waals surface area (Å²) in [5, 5.41) is 2.67. The van der Waals surface area contributed by atoms with Gasteiger partial charge in [0.05, 0.1) is 6.54 Å². The van der Waals surface area contributed by atoms with E-state index in [0.717, 1.165) is 10.9 Å². The monoisotopic (exact) mass is 403 g/mol. The Kier molecular flexibility index (Phi) is 6.70. The second-order valence-corrected chi connectivity index (χ2v) is 7.28. The van der Waals surface area contributed by atoms with Gasteiger partial charge in [0.2, 0.25) is 5.91 Å². The number of likely N-dealkylation sites (N-methyl/N-ethyl adjacent to an activating group) is 1. The fourth-order valence-corrected chi connectivity index (χ4v) is 2.63. The lowest BCUT2D eigenvalue weighted by Gasteiger charge is -2.17. The summed E-state index contributed by atoms with van der Waals surface area (Å²) in [6.45, 7) is 4.28. The Hall–Kier alpha value is -2.21. The standard InChI is InChI=1S/C19H22BrN3O2/c1-13(2)10-14-4-6-15(7-5-14)19(25)23(3)12-18(24)22-17-9-8-16(20)11-21-17/h4-9,11,13H,10,12H2,1-3H3,(H,21,22,24). The van der Waals surface area contributed by atoms with E-state index in [2.05, 4.69) is 40.1 Å². The van der Waals surface area contributed by atoms with Gasteiger partial charge in [-0.2, -0.15) is 0 Å². The van der Waals surface area contributed by atoms with E-state index in [1.165, 1.54) is 10.5 Å². The molecule has 1 aromatic heterocycles. The average Bonchev–Trinajstić information content (AvgIpc) is 2.56. The molecule has 0 saturated heterocycles. The van der Waals surface area contributed by atoms with Gasteiger partial charge < -0.3 is 10.2 Å². The molecule has 0 fully saturated rings. The van der Waals surface area contributed by atoms with E-state index in [-0.39, 0.29) is 18.4 Å². The first kappa shape index (κ1) is 19.1. The highest BCUT2D eigenvalue weighted by Crippen LogP contribution is 2.12. The van der Waals surface area contributed by atoms with E-state index in [4.69, 9.17) is 0 Å². The van der Waals surface area contributed by atoms with Gasteiger partial charge in [0.15, 0.2) is 0 Å². The smallest absolute Gasteiger partial charge is 0.254 e. The Balaban J connectivity index is 1.92. The van der Waals surface area contributed by atoms with Crippen molar-refractivity contribution >= 4 is 33.6 Å². The van der Waals surface area contributed by atoms with E-state index in [9.17, 15) is 9.59 Å². The molecule has 25 heavy (non-hydrogen) atoms. The van der Waals surface area contributed by atoms with Crippen LogP contribution in [-0.4, -0.2) is 35.3 Å². The van der Waals surface area contributed by atoms with Gasteiger partial charge in [-0.25, -0.2) is 4.98 Å². The maximum absolute atomic E-state index is 12.4. The van der Waals surface area contributed by atoms with Gasteiger partial charge in [-0.1, -0.05) is 26.0 Å². The van der Waals surface area contributed by atoms with Crippen LogP contribution in [0.5, 0.6) is 0 Å². The van der Waals surface area contributed by atoms with Crippen LogP contribution in [0, 0.1) is 5.92 Å². The number of benzene rings is 1. The fraction of sp³-hybridized carbons (Fsp3) is 0.316. The third-order valence-electron chi connectivity index (χ3n) is 3.57. The summed E-state index contributed by atoms with van der Waals surface area (Å²) in [5.41, 5.74) is 1.78. The predicted molar refractivity (Wildman–Crippen MR) is 103 cm³/mol. The van der Waals surface area contributed by atoms with Crippen molar-refractivity contribution in [2.24, 2.45) is 5.92 Å². The minimum Gasteiger partial charge on any atom is -0.332 e. The predicted octanol–water partition coefficient (Wildman–Crippen LogP) is 3.75. The highest BCUT2D eigenvalue weighted by molar-refractivity contribution is 9.10. The van der Waals surface area contributed by atoms with E-state index >= 15 is 0 Å². The number of halogens is 1. The third kappa shape index (κ3) is 5.98. The summed E-state index contributed by atoms with van der Waals surface area (Å²) in [7, 11) is 1.61. The number of carbonyl (C=O) groups is 2. The molecule has 2 amide bonds. The van der Waals surface area contributed by atoms with E-state index in [0.29, 0.717) is 17.3 Å². The Morgan fingerprint density at radius 1 is 1.16 bits per heavy atom. The Bertz CT molecular complexity index is 727. The fourth-order valence-electron chi connectivity index (χ4n) is 2.39. The minimum absolute atomic E-state index is 0.0374. The maximum atomic E-state index is 12.4. The first-order valence-electron chi connectivity index (χ1n) is 8.11. The molecule has 0 unspecified atom stereocenters. The van der Waals surface area contributed by atoms with E-state index in [1.54, 1.807) is 25.4 Å². The van der Waals surface area contributed by atoms with Crippen molar-refractivity contribution in [2.45, 2.75) is 20.3 Å². The molecular formula is C19H22BrN3O2. The summed E-state index contributed by atoms with van der Waals surface area (Å²) >= 11 is 3.29. The van der Waals surface area contributed by atoms with Crippen LogP contribution in [-0.2, 0) is 11.2 Å². The molecule has 6 heteroatoms. The number of nitrogens with one attached hydrogen (secondary N) is 1. The van der Waals surface area contributed by atoms with Gasteiger partial charge in [0.25, 0.3) is 5.91 Å². The summed E-state index contributed by atoms with van der Waals surface area (Å²) < 4.78 is 0.832. The molecule has 2 rings (SSSR count). The van der Waals surface area contributed by atoms with Crippen LogP contribution in [0.3, 0.4) is 0 Å². The molecule has 0 aliphatic carbocycles. The molecule has 5 nitrogen and oxygen atoms in total. The van der Waals surface area contributed by atoms with Crippen LogP contribution >= 0.6 is 15.9 Å². The normalized spacial score (nSPS) is 10.6. The summed E-state index contributed by atoms with van der Waals surface area (Å²) in [6, 6.07) is 11.0. The van der Waals surface area contributed by atoms with E-state index < -0.39 is 0 Å². The van der Waals surface area contributed by atoms with Crippen LogP contribution < -0.4 is 5.32 Å². The summed E-state index contributed by atoms with van der Waals surface area (Å²) in [6.07, 6.45) is 2.58. The van der Waals surface area contributed by atoms with Crippen LogP contribution in [0.25, 0.3) is 0 Å². The molecule has 1 N–H and O–H groups in total. The zero-order valence-corrected chi connectivity index (χ0v) is 16.2. The molecule has 0 aliphatic rings. The molecule has 0 radical (unpaired) electrons. The first-order chi connectivity index (χ1) is 11.8. The molecule has 0 saturated carbocycles. The van der Waals surface area contributed by atoms with Crippen molar-refractivity contribution in [3.63, 3.8) is 0 Å². The van der Waals surface area contributed by atoms with Crippen LogP contribution in [0.2, 0.25) is 0 Å². The highest BCUT2D eigenvalue weighted by atomic mass is 79.9. The molecule has 0 aliphatic heterocycles. The number of anilines is 1. The van der Waals surface area contributed by atoms with Gasteiger partial charge in [-0.3, -0.25) is 9.59 Å². The maximum Gasteiger partial charge on any atom is 0.254 e. The number of carbonyl (C=O) groups excluding carboxylic acids is 2. The SMILES string of the molecule is CC(C)Cc1ccc(C(=O)N(C)CC(=O)Nc2ccc(Br)cn2)cc1. The van der Waals surface area contributed by atoms with Crippen molar-refractivity contribution in [2.75, 3.05) is 18.9 Å². The number of nitrogens with zero attached hydrogens (tertiary/aromatic N) is 2. The Labute approximate surface area is 156 Å². The zero-order chi connectivity index (χ0) is 18.4. The zero-order valence-electron chi connectivity index (χ0n) is 14.6. The molecule has 1 heterocycles. The van der Waals surface area contributed by atoms with Gasteiger partial charge in [0.1, 0.15) is 5.82 Å². The molecular weight excluding hydrogens is 382 g/mol. The molecule has 132 valence electrons. The largest absolute Gasteiger partial charge is 0.332 e. The summed E-state index contributed by atoms with van der Waals surface area (Å²) in [5.74, 6) is 0.546. The summed E-state index contributed by atoms with van der Waals surface area (Å²) in [4.78, 5) is 30.0. The molecule has 1 aromatic carbocycles. The van der Waals surface area contributed by atoms with Crippen molar-refractivity contribution in [3.8, 4) is 0 Å². The lowest BCUT2D eigenvalue weighted by atomic mass is 10.0. The topological polar surface area (TPSA) is 62.3 Å². The van der Waals surface area contributed by atoms with Crippen LogP contribution in [0.4, 0.5) is 5.82 Å². The molecule has 2 aromatic rings. The number of rotatable bonds is 6. The lowest BCUT2D eigenvalue weighted by Crippen LogP contribution is -2.35. The van der Waals surface area contributed by atoms with Gasteiger partial charge >= 0.3 is 0 Å². The van der Waals surface area contributed by atoms with Gasteiger partial charge in [-0.15, -0.1) is 0 Å². The van der Waals surface area contributed by atoms with Crippen molar-refractivity contribution < 1.29 is 9.59 Å². The average molecular weight is 404 g/mol. The van der Waals surface area contributed by atoms with Crippen molar-refractivity contribution in [1.29, 1.82) is 0 Å². The lowest BCUT2D eigenvalue weighted by molar-refractivity contribution is -0.116. The molecule has 0 bridgehead atoms. The number of hydrogen-bond donors (Lipinski definition) is 1. The van der Waals surface area contributed by atoms with Gasteiger partial charge in [-0.05, 0) is 58.1 Å². The first-order valence-corrected chi connectivity index (χ1v) is 8.90. The van der Waals surface area contributed by atoms with Crippen molar-refractivity contribution in [1.82, 2.24) is 9.88 Å². The van der Waals surface area contributed by atoms with E-state index in [1.807, 2.05) is 24.3 Å². The highest BCUT2D eigenvalue weighted by Gasteiger charge is 2.15. The van der Waals surface area contributed by atoms with Crippen molar-refractivity contribution in [3.05, 3.63) is 58.2 Å². The Morgan fingerprint density at radius 3 is 2.40 bits per heavy atom. The number of aromatic nitrogens is 1.